The highest BCUT2D eigenvalue weighted by Gasteiger charge is 2.24. The van der Waals surface area contributed by atoms with E-state index in [4.69, 9.17) is 4.74 Å². The zero-order valence-electron chi connectivity index (χ0n) is 14.4. The van der Waals surface area contributed by atoms with Gasteiger partial charge < -0.3 is 10.1 Å². The van der Waals surface area contributed by atoms with E-state index in [1.165, 1.54) is 24.3 Å². The molecular weight excluding hydrogens is 348 g/mol. The highest BCUT2D eigenvalue weighted by Crippen LogP contribution is 2.18. The van der Waals surface area contributed by atoms with E-state index < -0.39 is 24.5 Å². The predicted molar refractivity (Wildman–Crippen MR) is 96.3 cm³/mol. The molecule has 27 heavy (non-hydrogen) atoms. The molecule has 0 radical (unpaired) electrons. The van der Waals surface area contributed by atoms with Crippen molar-refractivity contribution in [3.05, 3.63) is 71.3 Å². The lowest BCUT2D eigenvalue weighted by atomic mass is 10.0. The maximum Gasteiger partial charge on any atom is 0.338 e. The number of benzene rings is 2. The second kappa shape index (κ2) is 8.27. The molecule has 1 fully saturated rings. The molecule has 3 rings (SSSR count). The number of esters is 1. The van der Waals surface area contributed by atoms with Crippen LogP contribution in [0.3, 0.4) is 0 Å². The van der Waals surface area contributed by atoms with E-state index in [1.807, 2.05) is 6.07 Å². The minimum atomic E-state index is -0.716. The Morgan fingerprint density at radius 2 is 1.44 bits per heavy atom. The summed E-state index contributed by atoms with van der Waals surface area (Å²) in [5, 5.41) is 4.68. The fourth-order valence-electron chi connectivity index (χ4n) is 2.34. The van der Waals surface area contributed by atoms with Gasteiger partial charge >= 0.3 is 12.0 Å². The Balaban J connectivity index is 1.50. The van der Waals surface area contributed by atoms with Crippen LogP contribution in [0.2, 0.25) is 0 Å². The number of hydrogen-bond donors (Lipinski definition) is 2. The maximum atomic E-state index is 12.3. The quantitative estimate of drug-likeness (QED) is 0.602. The van der Waals surface area contributed by atoms with Crippen LogP contribution in [-0.4, -0.2) is 36.3 Å². The molecule has 0 atom stereocenters. The lowest BCUT2D eigenvalue weighted by Gasteiger charge is -2.07. The number of carbonyl (C=O) groups is 4. The molecule has 0 saturated heterocycles. The fourth-order valence-corrected chi connectivity index (χ4v) is 2.34. The molecule has 0 bridgehead atoms. The molecule has 1 aliphatic rings. The average molecular weight is 366 g/mol. The van der Waals surface area contributed by atoms with E-state index in [0.29, 0.717) is 11.1 Å². The standard InChI is InChI=1S/C20H18N2O5/c23-17(22-20(26)21-16-10-11-16)12-27-19(25)15-8-6-14(7-9-15)18(24)13-4-2-1-3-5-13/h1-9,16H,10-12H2,(H2,21,22,23,26). The van der Waals surface area contributed by atoms with Crippen molar-refractivity contribution in [3.8, 4) is 0 Å². The highest BCUT2D eigenvalue weighted by atomic mass is 16.5. The Labute approximate surface area is 155 Å². The molecule has 2 aromatic carbocycles. The number of amides is 3. The second-order valence-electron chi connectivity index (χ2n) is 6.14. The molecule has 7 nitrogen and oxygen atoms in total. The van der Waals surface area contributed by atoms with E-state index in [9.17, 15) is 19.2 Å². The van der Waals surface area contributed by atoms with Crippen LogP contribution in [0.15, 0.2) is 54.6 Å². The summed E-state index contributed by atoms with van der Waals surface area (Å²) in [7, 11) is 0. The number of rotatable bonds is 6. The summed E-state index contributed by atoms with van der Waals surface area (Å²) in [6, 6.07) is 14.3. The molecule has 0 aliphatic heterocycles. The highest BCUT2D eigenvalue weighted by molar-refractivity contribution is 6.09. The third-order valence-corrected chi connectivity index (χ3v) is 3.92. The van der Waals surface area contributed by atoms with Crippen molar-refractivity contribution in [2.24, 2.45) is 0 Å². The third kappa shape index (κ3) is 5.24. The SMILES string of the molecule is O=C(COC(=O)c1ccc(C(=O)c2ccccc2)cc1)NC(=O)NC1CC1. The van der Waals surface area contributed by atoms with Gasteiger partial charge in [-0.2, -0.15) is 0 Å². The van der Waals surface area contributed by atoms with Gasteiger partial charge in [0.25, 0.3) is 5.91 Å². The van der Waals surface area contributed by atoms with Crippen LogP contribution in [0, 0.1) is 0 Å². The first-order valence-corrected chi connectivity index (χ1v) is 8.50. The molecule has 1 aliphatic carbocycles. The molecule has 0 heterocycles. The van der Waals surface area contributed by atoms with Gasteiger partial charge in [-0.25, -0.2) is 9.59 Å². The van der Waals surface area contributed by atoms with Gasteiger partial charge in [-0.1, -0.05) is 42.5 Å². The number of carbonyl (C=O) groups excluding carboxylic acids is 4. The zero-order valence-corrected chi connectivity index (χ0v) is 14.4. The van der Waals surface area contributed by atoms with Crippen molar-refractivity contribution in [2.75, 3.05) is 6.61 Å². The Morgan fingerprint density at radius 3 is 2.07 bits per heavy atom. The summed E-state index contributed by atoms with van der Waals surface area (Å²) in [4.78, 5) is 47.3. The van der Waals surface area contributed by atoms with Crippen LogP contribution in [-0.2, 0) is 9.53 Å². The average Bonchev–Trinajstić information content (AvgIpc) is 3.50. The van der Waals surface area contributed by atoms with E-state index in [-0.39, 0.29) is 17.4 Å². The molecule has 0 spiro atoms. The molecule has 0 aromatic heterocycles. The first-order valence-electron chi connectivity index (χ1n) is 8.50. The van der Waals surface area contributed by atoms with Crippen LogP contribution in [0.4, 0.5) is 4.79 Å². The van der Waals surface area contributed by atoms with Crippen molar-refractivity contribution >= 4 is 23.7 Å². The van der Waals surface area contributed by atoms with Crippen molar-refractivity contribution in [1.29, 1.82) is 0 Å². The van der Waals surface area contributed by atoms with Gasteiger partial charge in [-0.15, -0.1) is 0 Å². The smallest absolute Gasteiger partial charge is 0.338 e. The lowest BCUT2D eigenvalue weighted by molar-refractivity contribution is -0.123. The minimum Gasteiger partial charge on any atom is -0.452 e. The number of urea groups is 1. The van der Waals surface area contributed by atoms with Gasteiger partial charge in [0.15, 0.2) is 12.4 Å². The molecule has 7 heteroatoms. The first-order chi connectivity index (χ1) is 13.0. The lowest BCUT2D eigenvalue weighted by Crippen LogP contribution is -2.42. The fraction of sp³-hybridized carbons (Fsp3) is 0.200. The van der Waals surface area contributed by atoms with Crippen molar-refractivity contribution in [1.82, 2.24) is 10.6 Å². The molecule has 2 N–H and O–H groups in total. The van der Waals surface area contributed by atoms with Crippen molar-refractivity contribution in [2.45, 2.75) is 18.9 Å². The molecule has 2 aromatic rings. The first kappa shape index (κ1) is 18.3. The third-order valence-electron chi connectivity index (χ3n) is 3.92. The second-order valence-corrected chi connectivity index (χ2v) is 6.14. The maximum absolute atomic E-state index is 12.3. The Kier molecular flexibility index (Phi) is 5.61. The van der Waals surface area contributed by atoms with E-state index in [0.717, 1.165) is 12.8 Å². The zero-order chi connectivity index (χ0) is 19.2. The molecule has 3 amide bonds. The van der Waals surface area contributed by atoms with Crippen molar-refractivity contribution in [3.63, 3.8) is 0 Å². The Bertz CT molecular complexity index is 858. The number of nitrogens with one attached hydrogen (secondary N) is 2. The summed E-state index contributed by atoms with van der Waals surface area (Å²) >= 11 is 0. The van der Waals surface area contributed by atoms with Gasteiger partial charge in [0.1, 0.15) is 0 Å². The number of ketones is 1. The van der Waals surface area contributed by atoms with Gasteiger partial charge in [-0.3, -0.25) is 14.9 Å². The number of imide groups is 1. The topological polar surface area (TPSA) is 102 Å². The van der Waals surface area contributed by atoms with Gasteiger partial charge in [-0.05, 0) is 25.0 Å². The van der Waals surface area contributed by atoms with Gasteiger partial charge in [0.05, 0.1) is 5.56 Å². The normalized spacial score (nSPS) is 12.7. The Morgan fingerprint density at radius 1 is 0.852 bits per heavy atom. The molecule has 0 unspecified atom stereocenters. The Hall–Kier alpha value is -3.48. The van der Waals surface area contributed by atoms with Gasteiger partial charge in [0, 0.05) is 17.2 Å². The van der Waals surface area contributed by atoms with Crippen molar-refractivity contribution < 1.29 is 23.9 Å². The van der Waals surface area contributed by atoms with E-state index >= 15 is 0 Å². The van der Waals surface area contributed by atoms with Crippen LogP contribution in [0.1, 0.15) is 39.1 Å². The summed E-state index contributed by atoms with van der Waals surface area (Å²) in [6.45, 7) is -0.568. The minimum absolute atomic E-state index is 0.123. The number of ether oxygens (including phenoxy) is 1. The molecule has 138 valence electrons. The van der Waals surface area contributed by atoms with E-state index in [2.05, 4.69) is 10.6 Å². The van der Waals surface area contributed by atoms with Crippen LogP contribution in [0.25, 0.3) is 0 Å². The summed E-state index contributed by atoms with van der Waals surface area (Å²) in [6.07, 6.45) is 1.80. The van der Waals surface area contributed by atoms with E-state index in [1.54, 1.807) is 24.3 Å². The van der Waals surface area contributed by atoms with Crippen LogP contribution < -0.4 is 10.6 Å². The monoisotopic (exact) mass is 366 g/mol. The predicted octanol–water partition coefficient (Wildman–Crippen LogP) is 2.06. The molecular formula is C20H18N2O5. The van der Waals surface area contributed by atoms with Crippen LogP contribution >= 0.6 is 0 Å². The largest absolute Gasteiger partial charge is 0.452 e. The summed E-state index contributed by atoms with van der Waals surface area (Å²) in [5.41, 5.74) is 1.19. The molecule has 1 saturated carbocycles. The summed E-state index contributed by atoms with van der Waals surface area (Å²) in [5.74, 6) is -1.58. The van der Waals surface area contributed by atoms with Gasteiger partial charge in [0.2, 0.25) is 0 Å². The number of hydrogen-bond acceptors (Lipinski definition) is 5. The van der Waals surface area contributed by atoms with Crippen LogP contribution in [0.5, 0.6) is 0 Å². The summed E-state index contributed by atoms with van der Waals surface area (Å²) < 4.78 is 4.88.